The topological polar surface area (TPSA) is 74.5 Å². The summed E-state index contributed by atoms with van der Waals surface area (Å²) >= 11 is 6.02. The molecule has 0 saturated carbocycles. The van der Waals surface area contributed by atoms with Crippen molar-refractivity contribution >= 4 is 17.6 Å². The second kappa shape index (κ2) is 7.40. The van der Waals surface area contributed by atoms with E-state index in [0.717, 1.165) is 16.9 Å². The molecule has 1 aliphatic heterocycles. The number of fused-ring (bicyclic) bond motifs is 1. The minimum absolute atomic E-state index is 0.252. The molecule has 6 nitrogen and oxygen atoms in total. The highest BCUT2D eigenvalue weighted by molar-refractivity contribution is 6.30. The molecule has 27 heavy (non-hydrogen) atoms. The normalized spacial score (nSPS) is 16.9. The van der Waals surface area contributed by atoms with Gasteiger partial charge in [0.05, 0.1) is 5.92 Å². The molecule has 138 valence electrons. The van der Waals surface area contributed by atoms with E-state index in [1.54, 1.807) is 13.0 Å². The maximum Gasteiger partial charge on any atom is 0.313 e. The number of carbonyl (C=O) groups excluding carboxylic acids is 1. The van der Waals surface area contributed by atoms with Gasteiger partial charge in [-0.05, 0) is 49.2 Å². The molecule has 0 N–H and O–H groups in total. The van der Waals surface area contributed by atoms with E-state index in [1.165, 1.54) is 0 Å². The van der Waals surface area contributed by atoms with Gasteiger partial charge in [0.2, 0.25) is 5.89 Å². The van der Waals surface area contributed by atoms with Crippen LogP contribution in [0.1, 0.15) is 24.5 Å². The van der Waals surface area contributed by atoms with E-state index in [0.29, 0.717) is 17.3 Å². The van der Waals surface area contributed by atoms with E-state index in [4.69, 9.17) is 25.5 Å². The number of nitrogens with zero attached hydrogens (tertiary/aromatic N) is 2. The summed E-state index contributed by atoms with van der Waals surface area (Å²) < 4.78 is 16.8. The van der Waals surface area contributed by atoms with Gasteiger partial charge < -0.3 is 13.9 Å². The molecule has 3 aromatic rings. The van der Waals surface area contributed by atoms with E-state index in [1.807, 2.05) is 42.5 Å². The predicted octanol–water partition coefficient (Wildman–Crippen LogP) is 4.25. The third kappa shape index (κ3) is 3.80. The Balaban J connectivity index is 1.42. The average Bonchev–Trinajstić information content (AvgIpc) is 3.18. The van der Waals surface area contributed by atoms with Gasteiger partial charge in [-0.2, -0.15) is 0 Å². The monoisotopic (exact) mass is 384 g/mol. The summed E-state index contributed by atoms with van der Waals surface area (Å²) in [5.74, 6) is 0.615. The molecular formula is C20H17ClN2O4. The third-order valence-electron chi connectivity index (χ3n) is 4.36. The third-order valence-corrected chi connectivity index (χ3v) is 4.60. The Kier molecular flexibility index (Phi) is 4.81. The second-order valence-corrected chi connectivity index (χ2v) is 6.79. The lowest BCUT2D eigenvalue weighted by Gasteiger charge is -2.24. The fourth-order valence-corrected chi connectivity index (χ4v) is 3.13. The number of hydrogen-bond acceptors (Lipinski definition) is 6. The number of carbonyl (C=O) groups is 1. The van der Waals surface area contributed by atoms with Crippen LogP contribution in [0.25, 0.3) is 11.5 Å². The summed E-state index contributed by atoms with van der Waals surface area (Å²) in [6.45, 7) is 1.97. The van der Waals surface area contributed by atoms with Crippen LogP contribution in [0.3, 0.4) is 0 Å². The largest absolute Gasteiger partial charge is 0.492 e. The Morgan fingerprint density at radius 1 is 1.22 bits per heavy atom. The molecule has 2 atom stereocenters. The van der Waals surface area contributed by atoms with E-state index in [-0.39, 0.29) is 18.5 Å². The van der Waals surface area contributed by atoms with Crippen LogP contribution in [0.15, 0.2) is 52.9 Å². The zero-order valence-electron chi connectivity index (χ0n) is 14.6. The zero-order valence-corrected chi connectivity index (χ0v) is 15.3. The number of hydrogen-bond donors (Lipinski definition) is 0. The van der Waals surface area contributed by atoms with E-state index < -0.39 is 12.0 Å². The first-order valence-electron chi connectivity index (χ1n) is 8.60. The van der Waals surface area contributed by atoms with Gasteiger partial charge in [-0.25, -0.2) is 0 Å². The first kappa shape index (κ1) is 17.5. The van der Waals surface area contributed by atoms with Crippen LogP contribution in [-0.4, -0.2) is 22.8 Å². The molecule has 7 heteroatoms. The predicted molar refractivity (Wildman–Crippen MR) is 98.4 cm³/mol. The molecule has 0 aliphatic carbocycles. The first-order chi connectivity index (χ1) is 13.1. The second-order valence-electron chi connectivity index (χ2n) is 6.35. The zero-order chi connectivity index (χ0) is 18.8. The average molecular weight is 385 g/mol. The molecule has 0 fully saturated rings. The Hall–Kier alpha value is -2.86. The highest BCUT2D eigenvalue weighted by atomic mass is 35.5. The molecule has 2 heterocycles. The fourth-order valence-electron chi connectivity index (χ4n) is 2.93. The van der Waals surface area contributed by atoms with Crippen LogP contribution in [0.5, 0.6) is 5.75 Å². The van der Waals surface area contributed by atoms with Crippen LogP contribution < -0.4 is 4.74 Å². The maximum absolute atomic E-state index is 12.5. The number of esters is 1. The van der Waals surface area contributed by atoms with Gasteiger partial charge in [-0.1, -0.05) is 29.8 Å². The quantitative estimate of drug-likeness (QED) is 0.626. The highest BCUT2D eigenvalue weighted by Gasteiger charge is 2.30. The molecule has 0 saturated heterocycles. The Bertz CT molecular complexity index is 958. The SMILES string of the molecule is C[C@@H](OC(=O)[C@H]1COc2ccc(Cl)cc2C1)c1nnc(-c2ccccc2)o1. The van der Waals surface area contributed by atoms with E-state index in [9.17, 15) is 4.79 Å². The number of ether oxygens (including phenoxy) is 2. The Labute approximate surface area is 161 Å². The minimum Gasteiger partial charge on any atom is -0.492 e. The lowest BCUT2D eigenvalue weighted by Crippen LogP contribution is -2.30. The summed E-state index contributed by atoms with van der Waals surface area (Å²) in [7, 11) is 0. The summed E-state index contributed by atoms with van der Waals surface area (Å²) in [5, 5.41) is 8.63. The van der Waals surface area contributed by atoms with Crippen LogP contribution in [0, 0.1) is 5.92 Å². The molecule has 0 amide bonds. The van der Waals surface area contributed by atoms with Crippen molar-refractivity contribution < 1.29 is 18.7 Å². The van der Waals surface area contributed by atoms with Crippen LogP contribution in [0.2, 0.25) is 5.02 Å². The van der Waals surface area contributed by atoms with Crippen LogP contribution >= 0.6 is 11.6 Å². The van der Waals surface area contributed by atoms with Gasteiger partial charge >= 0.3 is 5.97 Å². The molecule has 0 unspecified atom stereocenters. The molecule has 1 aromatic heterocycles. The van der Waals surface area contributed by atoms with Crippen molar-refractivity contribution in [3.05, 3.63) is 65.0 Å². The van der Waals surface area contributed by atoms with Crippen molar-refractivity contribution in [1.82, 2.24) is 10.2 Å². The maximum atomic E-state index is 12.5. The number of aromatic nitrogens is 2. The Morgan fingerprint density at radius 2 is 2.04 bits per heavy atom. The summed E-state index contributed by atoms with van der Waals surface area (Å²) in [5.41, 5.74) is 1.71. The summed E-state index contributed by atoms with van der Waals surface area (Å²) in [6.07, 6.45) is -0.135. The molecular weight excluding hydrogens is 368 g/mol. The van der Waals surface area contributed by atoms with Crippen molar-refractivity contribution in [2.45, 2.75) is 19.4 Å². The molecule has 0 spiro atoms. The Morgan fingerprint density at radius 3 is 2.85 bits per heavy atom. The highest BCUT2D eigenvalue weighted by Crippen LogP contribution is 2.31. The van der Waals surface area contributed by atoms with Gasteiger partial charge in [-0.15, -0.1) is 10.2 Å². The minimum atomic E-state index is -0.650. The number of halogens is 1. The standard InChI is InChI=1S/C20H17ClN2O4/c1-12(18-22-23-19(27-18)13-5-3-2-4-6-13)26-20(24)15-9-14-10-16(21)7-8-17(14)25-11-15/h2-8,10,12,15H,9,11H2,1H3/t12-,15-/m1/s1. The van der Waals surface area contributed by atoms with Crippen molar-refractivity contribution in [1.29, 1.82) is 0 Å². The van der Waals surface area contributed by atoms with Gasteiger partial charge in [0.1, 0.15) is 12.4 Å². The van der Waals surface area contributed by atoms with E-state index >= 15 is 0 Å². The fraction of sp³-hybridized carbons (Fsp3) is 0.250. The molecule has 4 rings (SSSR count). The van der Waals surface area contributed by atoms with Gasteiger partial charge in [-0.3, -0.25) is 4.79 Å². The summed E-state index contributed by atoms with van der Waals surface area (Å²) in [6, 6.07) is 14.8. The number of rotatable bonds is 4. The van der Waals surface area contributed by atoms with Crippen molar-refractivity contribution in [3.8, 4) is 17.2 Å². The molecule has 0 bridgehead atoms. The lowest BCUT2D eigenvalue weighted by atomic mass is 9.97. The lowest BCUT2D eigenvalue weighted by molar-refractivity contribution is -0.156. The van der Waals surface area contributed by atoms with Crippen molar-refractivity contribution in [2.24, 2.45) is 5.92 Å². The van der Waals surface area contributed by atoms with E-state index in [2.05, 4.69) is 10.2 Å². The van der Waals surface area contributed by atoms with Crippen LogP contribution in [-0.2, 0) is 16.0 Å². The van der Waals surface area contributed by atoms with Crippen molar-refractivity contribution in [2.75, 3.05) is 6.61 Å². The number of benzene rings is 2. The smallest absolute Gasteiger partial charge is 0.313 e. The van der Waals surface area contributed by atoms with Crippen LogP contribution in [0.4, 0.5) is 0 Å². The van der Waals surface area contributed by atoms with Gasteiger partial charge in [0, 0.05) is 10.6 Å². The van der Waals surface area contributed by atoms with Crippen molar-refractivity contribution in [3.63, 3.8) is 0 Å². The molecule has 1 aliphatic rings. The molecule has 0 radical (unpaired) electrons. The van der Waals surface area contributed by atoms with Gasteiger partial charge in [0.25, 0.3) is 5.89 Å². The summed E-state index contributed by atoms with van der Waals surface area (Å²) in [4.78, 5) is 12.5. The first-order valence-corrected chi connectivity index (χ1v) is 8.98. The molecule has 2 aromatic carbocycles. The van der Waals surface area contributed by atoms with Gasteiger partial charge in [0.15, 0.2) is 6.10 Å².